The van der Waals surface area contributed by atoms with Crippen LogP contribution in [0, 0.1) is 13.8 Å². The fraction of sp³-hybridized carbons (Fsp3) is 0.533. The first-order valence-electron chi connectivity index (χ1n) is 6.69. The third kappa shape index (κ3) is 4.91. The summed E-state index contributed by atoms with van der Waals surface area (Å²) >= 11 is 0. The van der Waals surface area contributed by atoms with Crippen molar-refractivity contribution in [1.82, 2.24) is 5.32 Å². The van der Waals surface area contributed by atoms with E-state index in [0.717, 1.165) is 24.2 Å². The third-order valence-corrected chi connectivity index (χ3v) is 3.10. The Labute approximate surface area is 115 Å². The summed E-state index contributed by atoms with van der Waals surface area (Å²) in [6.45, 7) is 5.30. The van der Waals surface area contributed by atoms with Crippen LogP contribution in [-0.2, 0) is 11.2 Å². The lowest BCUT2D eigenvalue weighted by molar-refractivity contribution is -0.121. The molecular weight excluding hydrogens is 240 g/mol. The molecule has 0 aliphatic carbocycles. The lowest BCUT2D eigenvalue weighted by Crippen LogP contribution is -2.26. The Hall–Kier alpha value is -1.55. The molecule has 0 spiro atoms. The minimum atomic E-state index is 0.0641. The molecule has 0 aromatic heterocycles. The summed E-state index contributed by atoms with van der Waals surface area (Å²) in [5.74, 6) is 0.961. The Morgan fingerprint density at radius 1 is 1.37 bits per heavy atom. The SMILES string of the molecule is COc1cc(C)cc(C)c1CCNC(=O)CCCN. The van der Waals surface area contributed by atoms with Crippen LogP contribution >= 0.6 is 0 Å². The number of hydrogen-bond acceptors (Lipinski definition) is 3. The van der Waals surface area contributed by atoms with Crippen LogP contribution in [0.5, 0.6) is 5.75 Å². The second-order valence-electron chi connectivity index (χ2n) is 4.75. The van der Waals surface area contributed by atoms with Crippen molar-refractivity contribution in [3.05, 3.63) is 28.8 Å². The van der Waals surface area contributed by atoms with Gasteiger partial charge in [-0.2, -0.15) is 0 Å². The number of ether oxygens (including phenoxy) is 1. The van der Waals surface area contributed by atoms with Gasteiger partial charge in [0.2, 0.25) is 5.91 Å². The number of rotatable bonds is 7. The van der Waals surface area contributed by atoms with Crippen molar-refractivity contribution in [1.29, 1.82) is 0 Å². The zero-order valence-electron chi connectivity index (χ0n) is 12.1. The van der Waals surface area contributed by atoms with Gasteiger partial charge in [0.15, 0.2) is 0 Å². The number of carbonyl (C=O) groups is 1. The Morgan fingerprint density at radius 3 is 2.74 bits per heavy atom. The maximum Gasteiger partial charge on any atom is 0.220 e. The van der Waals surface area contributed by atoms with Gasteiger partial charge in [-0.3, -0.25) is 4.79 Å². The lowest BCUT2D eigenvalue weighted by atomic mass is 10.0. The number of amides is 1. The number of hydrogen-bond donors (Lipinski definition) is 2. The van der Waals surface area contributed by atoms with E-state index in [0.29, 0.717) is 19.5 Å². The van der Waals surface area contributed by atoms with Crippen molar-refractivity contribution in [2.45, 2.75) is 33.1 Å². The first-order valence-corrected chi connectivity index (χ1v) is 6.69. The van der Waals surface area contributed by atoms with E-state index in [1.54, 1.807) is 7.11 Å². The molecule has 0 atom stereocenters. The van der Waals surface area contributed by atoms with Gasteiger partial charge in [0.05, 0.1) is 7.11 Å². The van der Waals surface area contributed by atoms with E-state index in [1.165, 1.54) is 11.1 Å². The summed E-state index contributed by atoms with van der Waals surface area (Å²) in [6, 6.07) is 4.16. The van der Waals surface area contributed by atoms with Crippen molar-refractivity contribution >= 4 is 5.91 Å². The van der Waals surface area contributed by atoms with Gasteiger partial charge in [0.25, 0.3) is 0 Å². The molecule has 4 heteroatoms. The summed E-state index contributed by atoms with van der Waals surface area (Å²) in [7, 11) is 1.68. The van der Waals surface area contributed by atoms with Crippen molar-refractivity contribution in [2.24, 2.45) is 5.73 Å². The number of benzene rings is 1. The van der Waals surface area contributed by atoms with Crippen LogP contribution in [0.1, 0.15) is 29.5 Å². The second-order valence-corrected chi connectivity index (χ2v) is 4.75. The summed E-state index contributed by atoms with van der Waals surface area (Å²) < 4.78 is 5.40. The van der Waals surface area contributed by atoms with Gasteiger partial charge in [0.1, 0.15) is 5.75 Å². The van der Waals surface area contributed by atoms with Crippen LogP contribution < -0.4 is 15.8 Å². The minimum Gasteiger partial charge on any atom is -0.496 e. The fourth-order valence-corrected chi connectivity index (χ4v) is 2.14. The van der Waals surface area contributed by atoms with Crippen molar-refractivity contribution in [2.75, 3.05) is 20.2 Å². The molecule has 0 saturated heterocycles. The monoisotopic (exact) mass is 264 g/mol. The highest BCUT2D eigenvalue weighted by molar-refractivity contribution is 5.75. The first kappa shape index (κ1) is 15.5. The van der Waals surface area contributed by atoms with Crippen LogP contribution in [-0.4, -0.2) is 26.1 Å². The summed E-state index contributed by atoms with van der Waals surface area (Å²) in [5.41, 5.74) is 8.92. The Kier molecular flexibility index (Phi) is 6.36. The van der Waals surface area contributed by atoms with E-state index in [-0.39, 0.29) is 5.91 Å². The number of aryl methyl sites for hydroxylation is 2. The zero-order valence-corrected chi connectivity index (χ0v) is 12.1. The summed E-state index contributed by atoms with van der Waals surface area (Å²) in [6.07, 6.45) is 2.02. The zero-order chi connectivity index (χ0) is 14.3. The van der Waals surface area contributed by atoms with E-state index in [4.69, 9.17) is 10.5 Å². The highest BCUT2D eigenvalue weighted by atomic mass is 16.5. The molecule has 1 rings (SSSR count). The molecule has 3 N–H and O–H groups in total. The Bertz CT molecular complexity index is 430. The number of nitrogens with one attached hydrogen (secondary N) is 1. The van der Waals surface area contributed by atoms with Gasteiger partial charge in [0, 0.05) is 13.0 Å². The van der Waals surface area contributed by atoms with Gasteiger partial charge in [-0.25, -0.2) is 0 Å². The molecule has 1 aromatic carbocycles. The quantitative estimate of drug-likeness (QED) is 0.788. The number of methoxy groups -OCH3 is 1. The molecule has 106 valence electrons. The van der Waals surface area contributed by atoms with Gasteiger partial charge in [-0.15, -0.1) is 0 Å². The molecule has 0 heterocycles. The molecule has 19 heavy (non-hydrogen) atoms. The Balaban J connectivity index is 2.55. The predicted molar refractivity (Wildman–Crippen MR) is 77.5 cm³/mol. The van der Waals surface area contributed by atoms with Crippen LogP contribution in [0.15, 0.2) is 12.1 Å². The molecule has 0 aliphatic heterocycles. The predicted octanol–water partition coefficient (Wildman–Crippen LogP) is 1.71. The maximum atomic E-state index is 11.5. The molecule has 0 bridgehead atoms. The topological polar surface area (TPSA) is 64.3 Å². The second kappa shape index (κ2) is 7.79. The molecule has 0 saturated carbocycles. The number of carbonyl (C=O) groups excluding carboxylic acids is 1. The molecule has 0 aliphatic rings. The standard InChI is InChI=1S/C15H24N2O2/c1-11-9-12(2)13(14(10-11)19-3)6-8-17-15(18)5-4-7-16/h9-10H,4-8,16H2,1-3H3,(H,17,18). The Morgan fingerprint density at radius 2 is 2.11 bits per heavy atom. The largest absolute Gasteiger partial charge is 0.496 e. The molecule has 0 fully saturated rings. The minimum absolute atomic E-state index is 0.0641. The van der Waals surface area contributed by atoms with Crippen LogP contribution in [0.25, 0.3) is 0 Å². The highest BCUT2D eigenvalue weighted by Gasteiger charge is 2.08. The third-order valence-electron chi connectivity index (χ3n) is 3.10. The van der Waals surface area contributed by atoms with Crippen molar-refractivity contribution in [3.63, 3.8) is 0 Å². The molecular formula is C15H24N2O2. The summed E-state index contributed by atoms with van der Waals surface area (Å²) in [4.78, 5) is 11.5. The van der Waals surface area contributed by atoms with Crippen molar-refractivity contribution < 1.29 is 9.53 Å². The maximum absolute atomic E-state index is 11.5. The normalized spacial score (nSPS) is 10.3. The van der Waals surface area contributed by atoms with Gasteiger partial charge >= 0.3 is 0 Å². The fourth-order valence-electron chi connectivity index (χ4n) is 2.14. The molecule has 1 amide bonds. The van der Waals surface area contributed by atoms with Crippen LogP contribution in [0.2, 0.25) is 0 Å². The van der Waals surface area contributed by atoms with E-state index in [1.807, 2.05) is 13.0 Å². The highest BCUT2D eigenvalue weighted by Crippen LogP contribution is 2.24. The van der Waals surface area contributed by atoms with Gasteiger partial charge in [-0.05, 0) is 56.0 Å². The molecule has 0 radical (unpaired) electrons. The van der Waals surface area contributed by atoms with E-state index < -0.39 is 0 Å². The number of nitrogens with two attached hydrogens (primary N) is 1. The molecule has 4 nitrogen and oxygen atoms in total. The average molecular weight is 264 g/mol. The van der Waals surface area contributed by atoms with E-state index in [2.05, 4.69) is 18.3 Å². The van der Waals surface area contributed by atoms with E-state index >= 15 is 0 Å². The average Bonchev–Trinajstić information content (AvgIpc) is 2.38. The lowest BCUT2D eigenvalue weighted by Gasteiger charge is -2.13. The van der Waals surface area contributed by atoms with Crippen molar-refractivity contribution in [3.8, 4) is 5.75 Å². The first-order chi connectivity index (χ1) is 9.08. The smallest absolute Gasteiger partial charge is 0.220 e. The molecule has 0 unspecified atom stereocenters. The van der Waals surface area contributed by atoms with Crippen LogP contribution in [0.4, 0.5) is 0 Å². The van der Waals surface area contributed by atoms with Gasteiger partial charge < -0.3 is 15.8 Å². The summed E-state index contributed by atoms with van der Waals surface area (Å²) in [5, 5.41) is 2.91. The van der Waals surface area contributed by atoms with E-state index in [9.17, 15) is 4.79 Å². The van der Waals surface area contributed by atoms with Crippen LogP contribution in [0.3, 0.4) is 0 Å². The van der Waals surface area contributed by atoms with Gasteiger partial charge in [-0.1, -0.05) is 6.07 Å². The molecule has 1 aromatic rings.